The molecule has 4 aromatic carbocycles. The van der Waals surface area contributed by atoms with Crippen LogP contribution in [0.2, 0.25) is 0 Å². The lowest BCUT2D eigenvalue weighted by Gasteiger charge is -2.09. The summed E-state index contributed by atoms with van der Waals surface area (Å²) in [5, 5.41) is 6.44. The highest BCUT2D eigenvalue weighted by Gasteiger charge is 2.11. The van der Waals surface area contributed by atoms with Crippen molar-refractivity contribution >= 4 is 60.0 Å². The van der Waals surface area contributed by atoms with E-state index in [9.17, 15) is 0 Å². The molecule has 0 saturated heterocycles. The van der Waals surface area contributed by atoms with E-state index in [1.807, 2.05) is 61.1 Å². The first kappa shape index (κ1) is 30.9. The Hall–Kier alpha value is -6.10. The molecular formula is C41H30N6O2S2. The molecule has 9 aromatic rings. The van der Waals surface area contributed by atoms with Gasteiger partial charge in [0.2, 0.25) is 0 Å². The number of nitrogens with one attached hydrogen (secondary N) is 2. The number of aromatic amines is 1. The van der Waals surface area contributed by atoms with E-state index >= 15 is 0 Å². The summed E-state index contributed by atoms with van der Waals surface area (Å²) in [6.45, 7) is 1.13. The van der Waals surface area contributed by atoms with Gasteiger partial charge in [-0.15, -0.1) is 22.7 Å². The molecule has 0 fully saturated rings. The topological polar surface area (TPSA) is 97.8 Å². The maximum Gasteiger partial charge on any atom is 0.137 e. The Morgan fingerprint density at radius 2 is 1.22 bits per heavy atom. The largest absolute Gasteiger partial charge is 0.497 e. The summed E-state index contributed by atoms with van der Waals surface area (Å²) in [5.74, 6) is 2.47. The molecular weight excluding hydrogens is 673 g/mol. The molecule has 9 rings (SSSR count). The number of nitrogens with zero attached hydrogens (tertiary/aromatic N) is 4. The number of aromatic nitrogens is 5. The van der Waals surface area contributed by atoms with Gasteiger partial charge in [-0.05, 0) is 71.8 Å². The van der Waals surface area contributed by atoms with Crippen molar-refractivity contribution in [2.75, 3.05) is 25.6 Å². The van der Waals surface area contributed by atoms with Crippen LogP contribution in [0.5, 0.6) is 11.5 Å². The second kappa shape index (κ2) is 13.3. The molecule has 0 aliphatic rings. The number of rotatable bonds is 10. The average molecular weight is 703 g/mol. The zero-order valence-electron chi connectivity index (χ0n) is 27.5. The molecule has 8 nitrogen and oxygen atoms in total. The zero-order valence-corrected chi connectivity index (χ0v) is 29.1. The third-order valence-corrected chi connectivity index (χ3v) is 10.9. The van der Waals surface area contributed by atoms with Crippen molar-refractivity contribution in [2.24, 2.45) is 0 Å². The Labute approximate surface area is 301 Å². The monoisotopic (exact) mass is 702 g/mol. The minimum Gasteiger partial charge on any atom is -0.497 e. The molecule has 248 valence electrons. The number of H-pyrrole nitrogens is 1. The number of pyridine rings is 2. The van der Waals surface area contributed by atoms with Crippen LogP contribution in [0.15, 0.2) is 128 Å². The van der Waals surface area contributed by atoms with Crippen LogP contribution < -0.4 is 14.8 Å². The second-order valence-corrected chi connectivity index (χ2v) is 14.1. The summed E-state index contributed by atoms with van der Waals surface area (Å²) in [5.41, 5.74) is 9.38. The lowest BCUT2D eigenvalue weighted by Crippen LogP contribution is -2.12. The SMILES string of the molecule is COc1ccc2nc(-c3ccc(-c4ccc(NCCOc5ccc6nc(-c7ccc(-c8cnc9[nH]ccc9c8)cc7)sc6c5)nc4)cc3)sc2c1. The molecule has 0 spiro atoms. The van der Waals surface area contributed by atoms with Crippen LogP contribution in [0.25, 0.3) is 74.9 Å². The van der Waals surface area contributed by atoms with Gasteiger partial charge >= 0.3 is 0 Å². The van der Waals surface area contributed by atoms with Crippen molar-refractivity contribution in [3.05, 3.63) is 128 Å². The average Bonchev–Trinajstić information content (AvgIpc) is 3.95. The Balaban J connectivity index is 0.790. The smallest absolute Gasteiger partial charge is 0.137 e. The molecule has 10 heteroatoms. The van der Waals surface area contributed by atoms with E-state index in [0.717, 1.165) is 92.2 Å². The van der Waals surface area contributed by atoms with Gasteiger partial charge in [-0.2, -0.15) is 0 Å². The summed E-state index contributed by atoms with van der Waals surface area (Å²) < 4.78 is 13.6. The molecule has 0 bridgehead atoms. The molecule has 5 heterocycles. The predicted molar refractivity (Wildman–Crippen MR) is 209 cm³/mol. The summed E-state index contributed by atoms with van der Waals surface area (Å²) >= 11 is 3.33. The van der Waals surface area contributed by atoms with Gasteiger partial charge in [-0.1, -0.05) is 48.5 Å². The number of hydrogen-bond donors (Lipinski definition) is 2. The lowest BCUT2D eigenvalue weighted by atomic mass is 10.1. The molecule has 0 saturated carbocycles. The first-order chi connectivity index (χ1) is 25.1. The van der Waals surface area contributed by atoms with Crippen LogP contribution >= 0.6 is 22.7 Å². The summed E-state index contributed by atoms with van der Waals surface area (Å²) in [7, 11) is 1.68. The van der Waals surface area contributed by atoms with E-state index in [-0.39, 0.29) is 0 Å². The number of methoxy groups -OCH3 is 1. The molecule has 5 aromatic heterocycles. The van der Waals surface area contributed by atoms with Gasteiger partial charge in [0.1, 0.15) is 39.6 Å². The van der Waals surface area contributed by atoms with E-state index in [4.69, 9.17) is 19.4 Å². The molecule has 0 radical (unpaired) electrons. The van der Waals surface area contributed by atoms with Gasteiger partial charge in [0.05, 0.1) is 34.1 Å². The predicted octanol–water partition coefficient (Wildman–Crippen LogP) is 10.3. The Kier molecular flexibility index (Phi) is 8.07. The quantitative estimate of drug-likeness (QED) is 0.137. The van der Waals surface area contributed by atoms with E-state index in [2.05, 4.69) is 87.0 Å². The summed E-state index contributed by atoms with van der Waals surface area (Å²) in [4.78, 5) is 22.0. The lowest BCUT2D eigenvalue weighted by molar-refractivity contribution is 0.333. The fraction of sp³-hybridized carbons (Fsp3) is 0.0732. The number of benzene rings is 4. The normalized spacial score (nSPS) is 11.4. The number of hydrogen-bond acceptors (Lipinski definition) is 9. The summed E-state index contributed by atoms with van der Waals surface area (Å²) in [6, 6.07) is 37.3. The van der Waals surface area contributed by atoms with Gasteiger partial charge in [-0.3, -0.25) is 0 Å². The van der Waals surface area contributed by atoms with E-state index < -0.39 is 0 Å². The highest BCUT2D eigenvalue weighted by Crippen LogP contribution is 2.35. The van der Waals surface area contributed by atoms with Crippen LogP contribution in [0.3, 0.4) is 0 Å². The van der Waals surface area contributed by atoms with Crippen molar-refractivity contribution in [1.82, 2.24) is 24.9 Å². The molecule has 0 unspecified atom stereocenters. The molecule has 0 atom stereocenters. The van der Waals surface area contributed by atoms with Gasteiger partial charge < -0.3 is 19.8 Å². The standard InChI is InChI=1S/C41H30N6O2S2/c1-48-32-11-13-34-36(21-32)50-40(46-34)27-6-2-25(3-7-27)30-10-15-38(44-23-30)42-18-19-49-33-12-14-35-37(22-33)51-41(47-35)28-8-4-26(5-9-28)31-20-29-16-17-43-39(29)45-24-31/h2-17,20-24H,18-19H2,1H3,(H,42,44)(H,43,45). The Bertz CT molecular complexity index is 2630. The van der Waals surface area contributed by atoms with Crippen molar-refractivity contribution in [1.29, 1.82) is 0 Å². The fourth-order valence-corrected chi connectivity index (χ4v) is 8.00. The number of thiazole rings is 2. The third-order valence-electron chi connectivity index (χ3n) is 8.73. The van der Waals surface area contributed by atoms with Crippen LogP contribution in [-0.2, 0) is 0 Å². The second-order valence-electron chi connectivity index (χ2n) is 12.0. The van der Waals surface area contributed by atoms with Gasteiger partial charge in [0.25, 0.3) is 0 Å². The van der Waals surface area contributed by atoms with Crippen molar-refractivity contribution in [2.45, 2.75) is 0 Å². The van der Waals surface area contributed by atoms with E-state index in [1.54, 1.807) is 29.8 Å². The molecule has 0 amide bonds. The first-order valence-electron chi connectivity index (χ1n) is 16.5. The maximum atomic E-state index is 6.08. The van der Waals surface area contributed by atoms with Gasteiger partial charge in [-0.25, -0.2) is 19.9 Å². The number of anilines is 1. The molecule has 2 N–H and O–H groups in total. The van der Waals surface area contributed by atoms with Crippen LogP contribution in [0.1, 0.15) is 0 Å². The molecule has 51 heavy (non-hydrogen) atoms. The van der Waals surface area contributed by atoms with Crippen LogP contribution in [0, 0.1) is 0 Å². The van der Waals surface area contributed by atoms with Crippen molar-refractivity contribution in [3.63, 3.8) is 0 Å². The number of ether oxygens (including phenoxy) is 2. The maximum absolute atomic E-state index is 6.08. The minimum absolute atomic E-state index is 0.505. The highest BCUT2D eigenvalue weighted by molar-refractivity contribution is 7.22. The van der Waals surface area contributed by atoms with E-state index in [0.29, 0.717) is 13.2 Å². The molecule has 0 aliphatic carbocycles. The van der Waals surface area contributed by atoms with Gasteiger partial charge in [0, 0.05) is 46.2 Å². The van der Waals surface area contributed by atoms with Crippen LogP contribution in [0.4, 0.5) is 5.82 Å². The highest BCUT2D eigenvalue weighted by atomic mass is 32.1. The molecule has 0 aliphatic heterocycles. The Morgan fingerprint density at radius 1 is 0.608 bits per heavy atom. The third kappa shape index (κ3) is 6.38. The Morgan fingerprint density at radius 3 is 1.88 bits per heavy atom. The van der Waals surface area contributed by atoms with Crippen LogP contribution in [-0.4, -0.2) is 45.2 Å². The van der Waals surface area contributed by atoms with Gasteiger partial charge in [0.15, 0.2) is 0 Å². The first-order valence-corrected chi connectivity index (χ1v) is 18.1. The minimum atomic E-state index is 0.505. The summed E-state index contributed by atoms with van der Waals surface area (Å²) in [6.07, 6.45) is 5.71. The number of fused-ring (bicyclic) bond motifs is 3. The van der Waals surface area contributed by atoms with Crippen molar-refractivity contribution < 1.29 is 9.47 Å². The zero-order chi connectivity index (χ0) is 34.1. The van der Waals surface area contributed by atoms with Crippen molar-refractivity contribution in [3.8, 4) is 54.9 Å². The fourth-order valence-electron chi connectivity index (χ4n) is 6.00. The van der Waals surface area contributed by atoms with E-state index in [1.165, 1.54) is 0 Å².